The maximum Gasteiger partial charge on any atom is 0.284 e. The van der Waals surface area contributed by atoms with Crippen LogP contribution in [0.25, 0.3) is 0 Å². The van der Waals surface area contributed by atoms with Crippen LogP contribution in [0.2, 0.25) is 0 Å². The van der Waals surface area contributed by atoms with Crippen LogP contribution in [0, 0.1) is 6.92 Å². The minimum Gasteiger partial charge on any atom is -0.416 e. The predicted molar refractivity (Wildman–Crippen MR) is 65.1 cm³/mol. The lowest BCUT2D eigenvalue weighted by Gasteiger charge is -2.11. The van der Waals surface area contributed by atoms with Crippen LogP contribution < -0.4 is 16.2 Å². The van der Waals surface area contributed by atoms with E-state index in [-0.39, 0.29) is 5.95 Å². The summed E-state index contributed by atoms with van der Waals surface area (Å²) < 4.78 is 5.24. The summed E-state index contributed by atoms with van der Waals surface area (Å²) in [7, 11) is 3.64. The highest BCUT2D eigenvalue weighted by Gasteiger charge is 2.12. The Morgan fingerprint density at radius 3 is 2.56 bits per heavy atom. The predicted octanol–water partition coefficient (Wildman–Crippen LogP) is 0.0658. The van der Waals surface area contributed by atoms with Gasteiger partial charge in [-0.2, -0.15) is 15.0 Å². The van der Waals surface area contributed by atoms with E-state index in [2.05, 4.69) is 30.6 Å². The minimum atomic E-state index is 0.271. The summed E-state index contributed by atoms with van der Waals surface area (Å²) in [6.45, 7) is 1.71. The summed E-state index contributed by atoms with van der Waals surface area (Å²) in [6.07, 6.45) is 0. The molecule has 2 heterocycles. The lowest BCUT2D eigenvalue weighted by Crippen LogP contribution is -2.17. The number of aryl methyl sites for hydroxylation is 1. The van der Waals surface area contributed by atoms with Gasteiger partial charge < -0.3 is 9.32 Å². The molecule has 0 unspecified atom stereocenters. The highest BCUT2D eigenvalue weighted by atomic mass is 32.2. The number of nitrogens with two attached hydrogens (primary N) is 1. The van der Waals surface area contributed by atoms with Crippen molar-refractivity contribution in [1.29, 1.82) is 0 Å². The molecular formula is C8H12N8OS. The standard InChI is InChI=1S/C8H12N8OS/c1-4-14-15-8(17-4)18-7-11-5(13-9)10-6(12-7)16(2)3/h9H2,1-3H3,(H,10,11,12,13). The van der Waals surface area contributed by atoms with Crippen LogP contribution in [0.15, 0.2) is 14.8 Å². The summed E-state index contributed by atoms with van der Waals surface area (Å²) in [4.78, 5) is 14.1. The summed E-state index contributed by atoms with van der Waals surface area (Å²) in [5.41, 5.74) is 2.38. The van der Waals surface area contributed by atoms with Crippen molar-refractivity contribution in [3.63, 3.8) is 0 Å². The van der Waals surface area contributed by atoms with Crippen LogP contribution in [-0.2, 0) is 0 Å². The maximum absolute atomic E-state index is 5.30. The summed E-state index contributed by atoms with van der Waals surface area (Å²) in [6, 6.07) is 0. The van der Waals surface area contributed by atoms with Gasteiger partial charge in [0.25, 0.3) is 5.22 Å². The largest absolute Gasteiger partial charge is 0.416 e. The molecule has 96 valence electrons. The molecule has 2 aromatic heterocycles. The third-order valence-electron chi connectivity index (χ3n) is 1.82. The van der Waals surface area contributed by atoms with Crippen LogP contribution in [0.4, 0.5) is 11.9 Å². The van der Waals surface area contributed by atoms with Crippen LogP contribution in [0.1, 0.15) is 5.89 Å². The molecular weight excluding hydrogens is 256 g/mol. The molecule has 0 atom stereocenters. The molecule has 0 radical (unpaired) electrons. The molecule has 0 aliphatic rings. The fraction of sp³-hybridized carbons (Fsp3) is 0.375. The van der Waals surface area contributed by atoms with Gasteiger partial charge in [0.15, 0.2) is 0 Å². The third-order valence-corrected chi connectivity index (χ3v) is 2.52. The number of hydrogen-bond donors (Lipinski definition) is 2. The first-order valence-electron chi connectivity index (χ1n) is 4.96. The van der Waals surface area contributed by atoms with Crippen LogP contribution in [-0.4, -0.2) is 39.2 Å². The molecule has 2 aromatic rings. The van der Waals surface area contributed by atoms with E-state index in [1.807, 2.05) is 14.1 Å². The van der Waals surface area contributed by atoms with E-state index >= 15 is 0 Å². The van der Waals surface area contributed by atoms with E-state index in [1.54, 1.807) is 11.8 Å². The first-order chi connectivity index (χ1) is 8.58. The van der Waals surface area contributed by atoms with E-state index in [4.69, 9.17) is 10.3 Å². The molecule has 9 nitrogen and oxygen atoms in total. The van der Waals surface area contributed by atoms with Gasteiger partial charge >= 0.3 is 0 Å². The number of anilines is 2. The van der Waals surface area contributed by atoms with Gasteiger partial charge in [0.1, 0.15) is 0 Å². The number of rotatable bonds is 4. The average Bonchev–Trinajstić information content (AvgIpc) is 2.74. The van der Waals surface area contributed by atoms with Gasteiger partial charge in [-0.25, -0.2) is 5.84 Å². The van der Waals surface area contributed by atoms with Gasteiger partial charge in [-0.1, -0.05) is 0 Å². The SMILES string of the molecule is Cc1nnc(Sc2nc(NN)nc(N(C)C)n2)o1. The van der Waals surface area contributed by atoms with E-state index < -0.39 is 0 Å². The molecule has 2 rings (SSSR count). The number of nitrogens with zero attached hydrogens (tertiary/aromatic N) is 6. The Labute approximate surface area is 107 Å². The smallest absolute Gasteiger partial charge is 0.284 e. The van der Waals surface area contributed by atoms with E-state index in [0.717, 1.165) is 11.8 Å². The van der Waals surface area contributed by atoms with Gasteiger partial charge in [0, 0.05) is 32.8 Å². The zero-order chi connectivity index (χ0) is 13.1. The summed E-state index contributed by atoms with van der Waals surface area (Å²) >= 11 is 1.14. The summed E-state index contributed by atoms with van der Waals surface area (Å²) in [5, 5.41) is 8.36. The van der Waals surface area contributed by atoms with E-state index in [0.29, 0.717) is 22.2 Å². The first kappa shape index (κ1) is 12.5. The second kappa shape index (κ2) is 5.14. The Balaban J connectivity index is 2.29. The van der Waals surface area contributed by atoms with E-state index in [1.165, 1.54) is 0 Å². The Morgan fingerprint density at radius 2 is 2.00 bits per heavy atom. The molecule has 0 saturated heterocycles. The first-order valence-corrected chi connectivity index (χ1v) is 5.78. The topological polar surface area (TPSA) is 119 Å². The Bertz CT molecular complexity index is 542. The molecule has 18 heavy (non-hydrogen) atoms. The molecule has 0 bridgehead atoms. The Morgan fingerprint density at radius 1 is 1.22 bits per heavy atom. The van der Waals surface area contributed by atoms with Gasteiger partial charge in [0.2, 0.25) is 22.9 Å². The molecule has 0 fully saturated rings. The molecule has 3 N–H and O–H groups in total. The zero-order valence-corrected chi connectivity index (χ0v) is 10.9. The van der Waals surface area contributed by atoms with Crippen molar-refractivity contribution in [1.82, 2.24) is 25.1 Å². The number of hydrogen-bond acceptors (Lipinski definition) is 10. The van der Waals surface area contributed by atoms with Gasteiger partial charge in [-0.3, -0.25) is 5.43 Å². The lowest BCUT2D eigenvalue weighted by atomic mass is 10.8. The van der Waals surface area contributed by atoms with Gasteiger partial charge in [-0.05, 0) is 0 Å². The highest BCUT2D eigenvalue weighted by Crippen LogP contribution is 2.24. The van der Waals surface area contributed by atoms with Crippen molar-refractivity contribution in [2.24, 2.45) is 5.84 Å². The van der Waals surface area contributed by atoms with Gasteiger partial charge in [-0.15, -0.1) is 10.2 Å². The van der Waals surface area contributed by atoms with E-state index in [9.17, 15) is 0 Å². The number of hydrazine groups is 1. The van der Waals surface area contributed by atoms with Gasteiger partial charge in [0.05, 0.1) is 0 Å². The number of nitrogen functional groups attached to an aromatic ring is 1. The molecule has 0 spiro atoms. The van der Waals surface area contributed by atoms with Crippen molar-refractivity contribution >= 4 is 23.7 Å². The monoisotopic (exact) mass is 268 g/mol. The van der Waals surface area contributed by atoms with Crippen molar-refractivity contribution in [3.05, 3.63) is 5.89 Å². The second-order valence-corrected chi connectivity index (χ2v) is 4.39. The minimum absolute atomic E-state index is 0.271. The molecule has 0 aliphatic carbocycles. The summed E-state index contributed by atoms with van der Waals surface area (Å²) in [5.74, 6) is 6.54. The average molecular weight is 268 g/mol. The molecule has 0 aromatic carbocycles. The Hall–Kier alpha value is -1.94. The van der Waals surface area contributed by atoms with Crippen LogP contribution in [0.3, 0.4) is 0 Å². The zero-order valence-electron chi connectivity index (χ0n) is 10.1. The molecule has 0 saturated carbocycles. The number of nitrogens with one attached hydrogen (secondary N) is 1. The normalized spacial score (nSPS) is 10.4. The second-order valence-electron chi connectivity index (χ2n) is 3.47. The Kier molecular flexibility index (Phi) is 3.58. The van der Waals surface area contributed by atoms with Crippen molar-refractivity contribution in [2.45, 2.75) is 17.3 Å². The quantitative estimate of drug-likeness (QED) is 0.582. The fourth-order valence-corrected chi connectivity index (χ4v) is 1.71. The third kappa shape index (κ3) is 2.84. The molecule has 0 amide bonds. The fourth-order valence-electron chi connectivity index (χ4n) is 1.05. The lowest BCUT2D eigenvalue weighted by molar-refractivity contribution is 0.429. The number of aromatic nitrogens is 5. The maximum atomic E-state index is 5.30. The van der Waals surface area contributed by atoms with Crippen LogP contribution in [0.5, 0.6) is 0 Å². The highest BCUT2D eigenvalue weighted by molar-refractivity contribution is 7.98. The van der Waals surface area contributed by atoms with Crippen molar-refractivity contribution < 1.29 is 4.42 Å². The molecule has 10 heteroatoms. The van der Waals surface area contributed by atoms with Crippen molar-refractivity contribution in [3.8, 4) is 0 Å². The molecule has 0 aliphatic heterocycles. The van der Waals surface area contributed by atoms with Crippen molar-refractivity contribution in [2.75, 3.05) is 24.4 Å². The van der Waals surface area contributed by atoms with Crippen LogP contribution >= 0.6 is 11.8 Å².